The fourth-order valence-corrected chi connectivity index (χ4v) is 15.2. The molecule has 0 amide bonds. The average Bonchev–Trinajstić information content (AvgIpc) is 0.902. The number of hydrogen-bond acceptors (Lipinski definition) is 15. The van der Waals surface area contributed by atoms with Crippen molar-refractivity contribution in [2.45, 2.75) is 490 Å². The number of esters is 4. The van der Waals surface area contributed by atoms with Gasteiger partial charge in [-0.3, -0.25) is 37.3 Å². The Morgan fingerprint density at radius 1 is 0.264 bits per heavy atom. The van der Waals surface area contributed by atoms with E-state index in [0.29, 0.717) is 25.7 Å². The molecule has 19 heteroatoms. The number of unbranched alkanes of at least 4 members (excludes halogenated alkanes) is 58. The molecule has 0 rings (SSSR count). The van der Waals surface area contributed by atoms with Crippen LogP contribution in [0.1, 0.15) is 471 Å². The van der Waals surface area contributed by atoms with Crippen molar-refractivity contribution in [1.82, 2.24) is 0 Å². The minimum Gasteiger partial charge on any atom is -0.462 e. The molecule has 17 nitrogen and oxygen atoms in total. The lowest BCUT2D eigenvalue weighted by Crippen LogP contribution is -2.30. The maximum Gasteiger partial charge on any atom is 0.472 e. The Morgan fingerprint density at radius 3 is 0.670 bits per heavy atom. The number of phosphoric ester groups is 2. The predicted molar refractivity (Wildman–Crippen MR) is 437 cm³/mol. The summed E-state index contributed by atoms with van der Waals surface area (Å²) in [5.41, 5.74) is 0. The molecule has 0 aliphatic carbocycles. The van der Waals surface area contributed by atoms with Gasteiger partial charge in [0.1, 0.15) is 19.3 Å². The van der Waals surface area contributed by atoms with Crippen LogP contribution in [0.3, 0.4) is 0 Å². The molecule has 0 heterocycles. The van der Waals surface area contributed by atoms with Gasteiger partial charge in [-0.1, -0.05) is 420 Å². The van der Waals surface area contributed by atoms with Crippen molar-refractivity contribution in [1.29, 1.82) is 0 Å². The Hall–Kier alpha value is -1.94. The van der Waals surface area contributed by atoms with E-state index in [4.69, 9.17) is 37.0 Å². The van der Waals surface area contributed by atoms with Gasteiger partial charge in [0.05, 0.1) is 26.4 Å². The van der Waals surface area contributed by atoms with E-state index in [0.717, 1.165) is 95.8 Å². The molecule has 3 N–H and O–H groups in total. The van der Waals surface area contributed by atoms with Gasteiger partial charge >= 0.3 is 39.5 Å². The largest absolute Gasteiger partial charge is 0.472 e. The van der Waals surface area contributed by atoms with E-state index in [9.17, 15) is 43.2 Å². The number of aliphatic hydroxyl groups is 1. The lowest BCUT2D eigenvalue weighted by atomic mass is 9.99. The SMILES string of the molecule is CCCCCCCCCCCCCCCCCCCCCCC(=O)OC[C@H](COP(=O)(O)OC[C@@H](O)COP(=O)(O)OC[C@@H](COC(=O)CCCCCCCCCCCC)OC(=O)CCCCCCCCCCCCCCCC)OC(=O)CCCCCCCCCCCCCCCCCCCCC(C)CC. The molecule has 0 aromatic rings. The molecule has 0 aliphatic heterocycles. The highest BCUT2D eigenvalue weighted by molar-refractivity contribution is 7.47. The normalized spacial score (nSPS) is 14.0. The molecule has 0 aliphatic rings. The smallest absolute Gasteiger partial charge is 0.462 e. The fourth-order valence-electron chi connectivity index (χ4n) is 13.6. The van der Waals surface area contributed by atoms with Crippen molar-refractivity contribution in [3.8, 4) is 0 Å². The van der Waals surface area contributed by atoms with Crippen molar-refractivity contribution in [3.63, 3.8) is 0 Å². The summed E-state index contributed by atoms with van der Waals surface area (Å²) in [6, 6.07) is 0. The van der Waals surface area contributed by atoms with Crippen molar-refractivity contribution < 1.29 is 80.2 Å². The topological polar surface area (TPSA) is 237 Å². The monoisotopic (exact) mass is 1550 g/mol. The summed E-state index contributed by atoms with van der Waals surface area (Å²) in [6.45, 7) is 7.43. The van der Waals surface area contributed by atoms with Crippen LogP contribution < -0.4 is 0 Å². The number of carbonyl (C=O) groups is 4. The van der Waals surface area contributed by atoms with Crippen molar-refractivity contribution in [2.75, 3.05) is 39.6 Å². The lowest BCUT2D eigenvalue weighted by Gasteiger charge is -2.21. The van der Waals surface area contributed by atoms with Crippen molar-refractivity contribution >= 4 is 39.5 Å². The summed E-state index contributed by atoms with van der Waals surface area (Å²) in [5.74, 6) is -1.23. The molecule has 0 radical (unpaired) electrons. The summed E-state index contributed by atoms with van der Waals surface area (Å²) in [7, 11) is -9.93. The minimum absolute atomic E-state index is 0.109. The zero-order valence-corrected chi connectivity index (χ0v) is 71.4. The molecule has 106 heavy (non-hydrogen) atoms. The molecule has 0 saturated carbocycles. The van der Waals surface area contributed by atoms with Crippen molar-refractivity contribution in [2.24, 2.45) is 5.92 Å². The molecule has 0 fully saturated rings. The van der Waals surface area contributed by atoms with E-state index in [1.54, 1.807) is 0 Å². The van der Waals surface area contributed by atoms with E-state index in [-0.39, 0.29) is 25.7 Å². The second-order valence-corrected chi connectivity index (χ2v) is 34.4. The zero-order chi connectivity index (χ0) is 77.6. The van der Waals surface area contributed by atoms with Gasteiger partial charge in [0, 0.05) is 25.7 Å². The van der Waals surface area contributed by atoms with Crippen LogP contribution in [-0.2, 0) is 65.4 Å². The highest BCUT2D eigenvalue weighted by Crippen LogP contribution is 2.45. The Balaban J connectivity index is 5.21. The van der Waals surface area contributed by atoms with E-state index in [2.05, 4.69) is 34.6 Å². The van der Waals surface area contributed by atoms with E-state index < -0.39 is 97.5 Å². The van der Waals surface area contributed by atoms with Gasteiger partial charge in [-0.25, -0.2) is 9.13 Å². The Morgan fingerprint density at radius 2 is 0.453 bits per heavy atom. The first-order valence-electron chi connectivity index (χ1n) is 45.2. The van der Waals surface area contributed by atoms with Gasteiger partial charge in [-0.05, 0) is 31.6 Å². The van der Waals surface area contributed by atoms with E-state index in [1.165, 1.54) is 295 Å². The van der Waals surface area contributed by atoms with Crippen molar-refractivity contribution in [3.05, 3.63) is 0 Å². The quantitative estimate of drug-likeness (QED) is 0.0222. The van der Waals surface area contributed by atoms with Crippen LogP contribution in [0.5, 0.6) is 0 Å². The summed E-state index contributed by atoms with van der Waals surface area (Å²) < 4.78 is 68.9. The lowest BCUT2D eigenvalue weighted by molar-refractivity contribution is -0.161. The third kappa shape index (κ3) is 78.7. The number of phosphoric acid groups is 2. The first-order valence-corrected chi connectivity index (χ1v) is 48.2. The molecular formula is C87H170O17P2. The number of carbonyl (C=O) groups excluding carboxylic acids is 4. The maximum absolute atomic E-state index is 13.2. The van der Waals surface area contributed by atoms with Crippen LogP contribution in [0, 0.1) is 5.92 Å². The summed E-state index contributed by atoms with van der Waals surface area (Å²) in [5, 5.41) is 10.7. The highest BCUT2D eigenvalue weighted by atomic mass is 31.2. The average molecular weight is 1550 g/mol. The van der Waals surface area contributed by atoms with Gasteiger partial charge in [0.2, 0.25) is 0 Å². The minimum atomic E-state index is -4.97. The van der Waals surface area contributed by atoms with Gasteiger partial charge in [-0.2, -0.15) is 0 Å². The summed E-state index contributed by atoms with van der Waals surface area (Å²) >= 11 is 0. The van der Waals surface area contributed by atoms with Gasteiger partial charge < -0.3 is 33.8 Å². The Bertz CT molecular complexity index is 2020. The summed E-state index contributed by atoms with van der Waals surface area (Å²) in [4.78, 5) is 73.2. The molecule has 6 atom stereocenters. The fraction of sp³-hybridized carbons (Fsp3) is 0.954. The van der Waals surface area contributed by atoms with Crippen LogP contribution in [0.15, 0.2) is 0 Å². The number of rotatable bonds is 87. The van der Waals surface area contributed by atoms with Gasteiger partial charge in [-0.15, -0.1) is 0 Å². The molecule has 0 aromatic heterocycles. The molecule has 0 aromatic carbocycles. The molecule has 0 saturated heterocycles. The van der Waals surface area contributed by atoms with Gasteiger partial charge in [0.15, 0.2) is 12.2 Å². The van der Waals surface area contributed by atoms with Crippen LogP contribution in [-0.4, -0.2) is 96.7 Å². The van der Waals surface area contributed by atoms with E-state index in [1.807, 2.05) is 0 Å². The third-order valence-electron chi connectivity index (χ3n) is 20.9. The standard InChI is InChI=1S/C87H170O17P2/c1-6-10-13-16-19-22-25-27-29-30-31-32-36-39-43-46-51-56-61-66-71-85(90)98-77-83(104-87(92)73-68-63-58-53-48-44-40-37-34-33-35-38-41-45-49-54-59-64-69-80(5)9-4)79-102-106(95,96)100-75-81(88)74-99-105(93,94)101-78-82(76-97-84(89)70-65-60-55-50-24-21-18-15-12-8-3)103-86(91)72-67-62-57-52-47-42-28-26-23-20-17-14-11-7-2/h80-83,88H,6-79H2,1-5H3,(H,93,94)(H,95,96)/t80?,81-,82+,83+/m0/s1. The first-order chi connectivity index (χ1) is 51.6. The highest BCUT2D eigenvalue weighted by Gasteiger charge is 2.30. The molecule has 3 unspecified atom stereocenters. The van der Waals surface area contributed by atoms with Crippen LogP contribution >= 0.6 is 15.6 Å². The molecule has 0 bridgehead atoms. The van der Waals surface area contributed by atoms with Crippen LogP contribution in [0.2, 0.25) is 0 Å². The molecule has 0 spiro atoms. The Labute approximate surface area is 651 Å². The van der Waals surface area contributed by atoms with Crippen LogP contribution in [0.4, 0.5) is 0 Å². The molecule has 630 valence electrons. The predicted octanol–water partition coefficient (Wildman–Crippen LogP) is 26.8. The number of ether oxygens (including phenoxy) is 4. The third-order valence-corrected chi connectivity index (χ3v) is 22.8. The maximum atomic E-state index is 13.2. The zero-order valence-electron chi connectivity index (χ0n) is 69.6. The van der Waals surface area contributed by atoms with Crippen LogP contribution in [0.25, 0.3) is 0 Å². The first kappa shape index (κ1) is 104. The second-order valence-electron chi connectivity index (χ2n) is 31.5. The second kappa shape index (κ2) is 79.7. The number of aliphatic hydroxyl groups excluding tert-OH is 1. The van der Waals surface area contributed by atoms with Gasteiger partial charge in [0.25, 0.3) is 0 Å². The Kier molecular flexibility index (Phi) is 78.2. The van der Waals surface area contributed by atoms with E-state index >= 15 is 0 Å². The number of hydrogen-bond donors (Lipinski definition) is 3. The summed E-state index contributed by atoms with van der Waals surface area (Å²) in [6.07, 6.45) is 73.6. The molecular weight excluding hydrogens is 1380 g/mol.